The van der Waals surface area contributed by atoms with Crippen molar-refractivity contribution >= 4 is 0 Å². The first-order valence-corrected chi connectivity index (χ1v) is 8.74. The number of allylic oxidation sites excluding steroid dienone is 3. The van der Waals surface area contributed by atoms with Gasteiger partial charge in [0.1, 0.15) is 0 Å². The molecular weight excluding hydrogens is 272 g/mol. The van der Waals surface area contributed by atoms with Crippen LogP contribution in [0.3, 0.4) is 0 Å². The Morgan fingerprint density at radius 3 is 2.73 bits per heavy atom. The lowest BCUT2D eigenvalue weighted by molar-refractivity contribution is 0.159. The minimum atomic E-state index is 0.694. The highest BCUT2D eigenvalue weighted by molar-refractivity contribution is 5.18. The molecule has 0 aliphatic carbocycles. The zero-order valence-electron chi connectivity index (χ0n) is 14.9. The molecule has 1 rings (SSSR count). The van der Waals surface area contributed by atoms with E-state index in [2.05, 4.69) is 43.2 Å². The first kappa shape index (κ1) is 20.9. The van der Waals surface area contributed by atoms with Crippen LogP contribution >= 0.6 is 0 Å². The van der Waals surface area contributed by atoms with Crippen LogP contribution in [0.4, 0.5) is 0 Å². The second-order valence-corrected chi connectivity index (χ2v) is 5.51. The van der Waals surface area contributed by atoms with Gasteiger partial charge < -0.3 is 15.4 Å². The molecule has 0 aromatic rings. The van der Waals surface area contributed by atoms with E-state index >= 15 is 0 Å². The highest BCUT2D eigenvalue weighted by atomic mass is 16.5. The zero-order valence-corrected chi connectivity index (χ0v) is 14.9. The minimum Gasteiger partial charge on any atom is -0.391 e. The molecule has 3 heteroatoms. The molecule has 0 spiro atoms. The molecule has 0 unspecified atom stereocenters. The molecule has 128 valence electrons. The first-order chi connectivity index (χ1) is 10.8. The number of nitrogens with one attached hydrogen (secondary N) is 2. The van der Waals surface area contributed by atoms with Gasteiger partial charge >= 0.3 is 0 Å². The van der Waals surface area contributed by atoms with E-state index in [0.29, 0.717) is 6.61 Å². The molecule has 0 aromatic heterocycles. The maximum Gasteiger partial charge on any atom is 0.0644 e. The number of rotatable bonds is 9. The summed E-state index contributed by atoms with van der Waals surface area (Å²) in [6.07, 6.45) is 13.5. The lowest BCUT2D eigenvalue weighted by Crippen LogP contribution is -2.23. The van der Waals surface area contributed by atoms with Crippen molar-refractivity contribution in [3.05, 3.63) is 36.1 Å². The Kier molecular flexibility index (Phi) is 15.5. The predicted molar refractivity (Wildman–Crippen MR) is 98.2 cm³/mol. The van der Waals surface area contributed by atoms with Gasteiger partial charge in [0.25, 0.3) is 0 Å². The summed E-state index contributed by atoms with van der Waals surface area (Å²) in [4.78, 5) is 0. The van der Waals surface area contributed by atoms with E-state index in [9.17, 15) is 0 Å². The van der Waals surface area contributed by atoms with Gasteiger partial charge in [-0.2, -0.15) is 0 Å². The molecular formula is C19H36N2O. The Bertz CT molecular complexity index is 302. The molecule has 0 saturated carbocycles. The Labute approximate surface area is 137 Å². The molecule has 0 bridgehead atoms. The number of hydrogen-bond acceptors (Lipinski definition) is 3. The monoisotopic (exact) mass is 308 g/mol. The van der Waals surface area contributed by atoms with Crippen LogP contribution in [0.1, 0.15) is 52.4 Å². The molecule has 2 N–H and O–H groups in total. The molecule has 1 heterocycles. The highest BCUT2D eigenvalue weighted by Gasteiger charge is 2.02. The van der Waals surface area contributed by atoms with Gasteiger partial charge in [-0.25, -0.2) is 0 Å². The van der Waals surface area contributed by atoms with Crippen LogP contribution < -0.4 is 10.6 Å². The van der Waals surface area contributed by atoms with Crippen LogP contribution in [0, 0.1) is 0 Å². The fourth-order valence-corrected chi connectivity index (χ4v) is 2.11. The summed E-state index contributed by atoms with van der Waals surface area (Å²) in [6, 6.07) is 0. The smallest absolute Gasteiger partial charge is 0.0644 e. The van der Waals surface area contributed by atoms with Crippen LogP contribution in [-0.2, 0) is 4.74 Å². The normalized spacial score (nSPS) is 16.9. The van der Waals surface area contributed by atoms with E-state index in [0.717, 1.165) is 26.0 Å². The van der Waals surface area contributed by atoms with Crippen molar-refractivity contribution in [2.75, 3.05) is 33.4 Å². The number of ether oxygens (including phenoxy) is 1. The molecule has 1 aliphatic rings. The molecule has 0 amide bonds. The van der Waals surface area contributed by atoms with E-state index in [4.69, 9.17) is 4.74 Å². The van der Waals surface area contributed by atoms with Crippen molar-refractivity contribution < 1.29 is 4.74 Å². The average Bonchev–Trinajstić information content (AvgIpc) is 2.57. The van der Waals surface area contributed by atoms with E-state index in [-0.39, 0.29) is 0 Å². The summed E-state index contributed by atoms with van der Waals surface area (Å²) in [5.74, 6) is 0. The molecule has 3 nitrogen and oxygen atoms in total. The second kappa shape index (κ2) is 16.3. The van der Waals surface area contributed by atoms with Crippen LogP contribution in [0.2, 0.25) is 0 Å². The summed E-state index contributed by atoms with van der Waals surface area (Å²) >= 11 is 0. The summed E-state index contributed by atoms with van der Waals surface area (Å²) in [5, 5.41) is 6.63. The Balaban J connectivity index is 0.000000472. The maximum atomic E-state index is 5.11. The van der Waals surface area contributed by atoms with Crippen LogP contribution in [-0.4, -0.2) is 33.4 Å². The second-order valence-electron chi connectivity index (χ2n) is 5.51. The molecule has 0 aromatic carbocycles. The van der Waals surface area contributed by atoms with E-state index in [1.807, 2.05) is 7.05 Å². The van der Waals surface area contributed by atoms with Gasteiger partial charge in [-0.3, -0.25) is 0 Å². The van der Waals surface area contributed by atoms with Gasteiger partial charge in [0.15, 0.2) is 0 Å². The van der Waals surface area contributed by atoms with Crippen LogP contribution in [0.25, 0.3) is 0 Å². The van der Waals surface area contributed by atoms with Crippen molar-refractivity contribution in [1.82, 2.24) is 10.6 Å². The molecule has 0 atom stereocenters. The first-order valence-electron chi connectivity index (χ1n) is 8.74. The maximum absolute atomic E-state index is 5.11. The summed E-state index contributed by atoms with van der Waals surface area (Å²) in [7, 11) is 2.00. The fraction of sp³-hybridized carbons (Fsp3) is 0.684. The van der Waals surface area contributed by atoms with Gasteiger partial charge in [-0.15, -0.1) is 6.58 Å². The molecule has 0 radical (unpaired) electrons. The van der Waals surface area contributed by atoms with Gasteiger partial charge in [0, 0.05) is 25.9 Å². The largest absolute Gasteiger partial charge is 0.391 e. The summed E-state index contributed by atoms with van der Waals surface area (Å²) < 4.78 is 5.11. The van der Waals surface area contributed by atoms with E-state index in [1.54, 1.807) is 6.08 Å². The standard InChI is InChI=1S/C12H22N2.C7H14O/c1-3-5-12(13-2)8-7-11-6-4-9-14-10-11;1-3-5-7-8-6-4-2/h7-8,13-14H,3-6,9-10H2,1-2H3;4H,2-3,5-7H2,1H3/b11-7-,12-8-;. The Hall–Kier alpha value is -1.06. The van der Waals surface area contributed by atoms with Crippen molar-refractivity contribution in [1.29, 1.82) is 0 Å². The fourth-order valence-electron chi connectivity index (χ4n) is 2.11. The molecule has 1 saturated heterocycles. The quantitative estimate of drug-likeness (QED) is 0.495. The SMILES string of the molecule is C=CCOCCCC.CCC/C(=C/C=C1/CCCNC1)NC. The van der Waals surface area contributed by atoms with Gasteiger partial charge in [0.05, 0.1) is 6.61 Å². The number of hydrogen-bond donors (Lipinski definition) is 2. The van der Waals surface area contributed by atoms with E-state index < -0.39 is 0 Å². The third-order valence-corrected chi connectivity index (χ3v) is 3.44. The molecule has 1 fully saturated rings. The van der Waals surface area contributed by atoms with Crippen molar-refractivity contribution in [2.24, 2.45) is 0 Å². The topological polar surface area (TPSA) is 33.3 Å². The van der Waals surface area contributed by atoms with Gasteiger partial charge in [0.2, 0.25) is 0 Å². The van der Waals surface area contributed by atoms with Gasteiger partial charge in [-0.05, 0) is 38.3 Å². The van der Waals surface area contributed by atoms with E-state index in [1.165, 1.54) is 43.5 Å². The molecule has 1 aliphatic heterocycles. The Morgan fingerprint density at radius 2 is 2.18 bits per heavy atom. The number of unbranched alkanes of at least 4 members (excludes halogenated alkanes) is 1. The highest BCUT2D eigenvalue weighted by Crippen LogP contribution is 2.09. The summed E-state index contributed by atoms with van der Waals surface area (Å²) in [5.41, 5.74) is 2.87. The third kappa shape index (κ3) is 12.7. The van der Waals surface area contributed by atoms with Crippen molar-refractivity contribution in [2.45, 2.75) is 52.4 Å². The predicted octanol–water partition coefficient (Wildman–Crippen LogP) is 4.19. The lowest BCUT2D eigenvalue weighted by atomic mass is 10.1. The van der Waals surface area contributed by atoms with Crippen LogP contribution in [0.15, 0.2) is 36.1 Å². The van der Waals surface area contributed by atoms with Crippen LogP contribution in [0.5, 0.6) is 0 Å². The zero-order chi connectivity index (χ0) is 16.5. The Morgan fingerprint density at radius 1 is 1.36 bits per heavy atom. The molecule has 22 heavy (non-hydrogen) atoms. The van der Waals surface area contributed by atoms with Crippen molar-refractivity contribution in [3.8, 4) is 0 Å². The summed E-state index contributed by atoms with van der Waals surface area (Å²) in [6.45, 7) is 11.7. The minimum absolute atomic E-state index is 0.694. The van der Waals surface area contributed by atoms with Crippen molar-refractivity contribution in [3.63, 3.8) is 0 Å². The number of piperidine rings is 1. The third-order valence-electron chi connectivity index (χ3n) is 3.44. The average molecular weight is 309 g/mol. The van der Waals surface area contributed by atoms with Gasteiger partial charge in [-0.1, -0.05) is 44.4 Å². The lowest BCUT2D eigenvalue weighted by Gasteiger charge is -2.14.